The van der Waals surface area contributed by atoms with Gasteiger partial charge in [0.1, 0.15) is 11.6 Å². The molecule has 7 nitrogen and oxygen atoms in total. The van der Waals surface area contributed by atoms with Crippen LogP contribution in [-0.4, -0.2) is 23.3 Å². The van der Waals surface area contributed by atoms with Crippen molar-refractivity contribution in [2.75, 3.05) is 12.0 Å². The van der Waals surface area contributed by atoms with Crippen molar-refractivity contribution in [1.29, 1.82) is 0 Å². The molecule has 1 unspecified atom stereocenters. The van der Waals surface area contributed by atoms with E-state index in [4.69, 9.17) is 9.26 Å². The number of halogens is 1. The van der Waals surface area contributed by atoms with Gasteiger partial charge in [0.15, 0.2) is 0 Å². The van der Waals surface area contributed by atoms with Gasteiger partial charge in [-0.1, -0.05) is 47.1 Å². The fourth-order valence-corrected chi connectivity index (χ4v) is 4.36. The number of nitrogens with zero attached hydrogens (tertiary/aromatic N) is 3. The molecule has 0 radical (unpaired) electrons. The molecule has 8 heteroatoms. The topological polar surface area (TPSA) is 80.5 Å². The maximum Gasteiger partial charge on any atom is 0.327 e. The average Bonchev–Trinajstić information content (AvgIpc) is 3.35. The molecule has 5 rings (SSSR count). The summed E-state index contributed by atoms with van der Waals surface area (Å²) < 4.78 is 25.6. The van der Waals surface area contributed by atoms with Crippen molar-refractivity contribution in [1.82, 2.24) is 15.5 Å². The van der Waals surface area contributed by atoms with Crippen LogP contribution in [-0.2, 0) is 0 Å². The molecule has 3 aromatic carbocycles. The van der Waals surface area contributed by atoms with Crippen LogP contribution in [0, 0.1) is 19.7 Å². The molecule has 1 N–H and O–H groups in total. The molecule has 0 fully saturated rings. The van der Waals surface area contributed by atoms with Crippen LogP contribution < -0.4 is 15.0 Å². The summed E-state index contributed by atoms with van der Waals surface area (Å²) in [5.74, 6) is 0.939. The van der Waals surface area contributed by atoms with Crippen LogP contribution in [0.15, 0.2) is 77.0 Å². The van der Waals surface area contributed by atoms with Crippen molar-refractivity contribution in [3.8, 4) is 17.1 Å². The summed E-state index contributed by atoms with van der Waals surface area (Å²) in [6.07, 6.45) is 0. The lowest BCUT2D eigenvalue weighted by Crippen LogP contribution is -2.46. The van der Waals surface area contributed by atoms with E-state index < -0.39 is 17.9 Å². The monoisotopic (exact) mass is 484 g/mol. The average molecular weight is 485 g/mol. The number of urea groups is 1. The molecule has 1 aliphatic rings. The molecule has 1 aromatic heterocycles. The third-order valence-corrected chi connectivity index (χ3v) is 6.26. The fraction of sp³-hybridized carbons (Fsp3) is 0.179. The SMILES string of the molecule is COc1cccc(C2NC(=O)N(c3ccc(C)c(F)c3)C(C)=C2c2nc(-c3cccc(C)c3)no2)c1. The van der Waals surface area contributed by atoms with Crippen LogP contribution in [0.2, 0.25) is 0 Å². The van der Waals surface area contributed by atoms with Crippen LogP contribution >= 0.6 is 0 Å². The highest BCUT2D eigenvalue weighted by atomic mass is 19.1. The van der Waals surface area contributed by atoms with E-state index in [-0.39, 0.29) is 5.89 Å². The van der Waals surface area contributed by atoms with Crippen molar-refractivity contribution in [2.24, 2.45) is 0 Å². The predicted molar refractivity (Wildman–Crippen MR) is 135 cm³/mol. The molecule has 1 aliphatic heterocycles. The molecule has 0 saturated carbocycles. The smallest absolute Gasteiger partial charge is 0.327 e. The maximum absolute atomic E-state index is 14.4. The molecular formula is C28H25FN4O3. The molecular weight excluding hydrogens is 459 g/mol. The Morgan fingerprint density at radius 1 is 1.03 bits per heavy atom. The number of ether oxygens (including phenoxy) is 1. The molecule has 2 heterocycles. The minimum Gasteiger partial charge on any atom is -0.497 e. The maximum atomic E-state index is 14.4. The lowest BCUT2D eigenvalue weighted by molar-refractivity contribution is 0.244. The zero-order valence-corrected chi connectivity index (χ0v) is 20.4. The predicted octanol–water partition coefficient (Wildman–Crippen LogP) is 6.20. The van der Waals surface area contributed by atoms with Crippen LogP contribution in [0.5, 0.6) is 5.75 Å². The highest BCUT2D eigenvalue weighted by molar-refractivity contribution is 6.01. The van der Waals surface area contributed by atoms with Gasteiger partial charge in [-0.15, -0.1) is 0 Å². The van der Waals surface area contributed by atoms with Gasteiger partial charge in [0.2, 0.25) is 5.82 Å². The van der Waals surface area contributed by atoms with Gasteiger partial charge in [-0.25, -0.2) is 9.18 Å². The van der Waals surface area contributed by atoms with Gasteiger partial charge in [-0.2, -0.15) is 4.98 Å². The first-order valence-corrected chi connectivity index (χ1v) is 11.5. The summed E-state index contributed by atoms with van der Waals surface area (Å²) in [7, 11) is 1.58. The second-order valence-electron chi connectivity index (χ2n) is 8.72. The highest BCUT2D eigenvalue weighted by Crippen LogP contribution is 2.40. The number of aryl methyl sites for hydroxylation is 2. The quantitative estimate of drug-likeness (QED) is 0.365. The van der Waals surface area contributed by atoms with Gasteiger partial charge < -0.3 is 14.6 Å². The zero-order chi connectivity index (χ0) is 25.4. The molecule has 0 bridgehead atoms. The van der Waals surface area contributed by atoms with Crippen LogP contribution in [0.25, 0.3) is 17.0 Å². The second kappa shape index (κ2) is 9.30. The number of carbonyl (C=O) groups excluding carboxylic acids is 1. The minimum absolute atomic E-state index is 0.259. The second-order valence-corrected chi connectivity index (χ2v) is 8.72. The third-order valence-electron chi connectivity index (χ3n) is 6.26. The van der Waals surface area contributed by atoms with E-state index in [1.807, 2.05) is 55.5 Å². The van der Waals surface area contributed by atoms with Gasteiger partial charge in [-0.05, 0) is 62.2 Å². The number of aromatic nitrogens is 2. The highest BCUT2D eigenvalue weighted by Gasteiger charge is 2.37. The number of rotatable bonds is 5. The lowest BCUT2D eigenvalue weighted by atomic mass is 9.94. The molecule has 36 heavy (non-hydrogen) atoms. The lowest BCUT2D eigenvalue weighted by Gasteiger charge is -2.35. The Morgan fingerprint density at radius 3 is 2.58 bits per heavy atom. The Hall–Kier alpha value is -4.46. The molecule has 0 spiro atoms. The van der Waals surface area contributed by atoms with Crippen molar-refractivity contribution >= 4 is 17.3 Å². The summed E-state index contributed by atoms with van der Waals surface area (Å²) in [5, 5.41) is 7.23. The minimum atomic E-state index is -0.593. The Labute approximate surface area is 208 Å². The summed E-state index contributed by atoms with van der Waals surface area (Å²) in [6, 6.07) is 18.9. The first-order chi connectivity index (χ1) is 17.4. The summed E-state index contributed by atoms with van der Waals surface area (Å²) in [6.45, 7) is 5.45. The van der Waals surface area contributed by atoms with Crippen molar-refractivity contribution in [3.05, 3.63) is 101 Å². The van der Waals surface area contributed by atoms with E-state index in [9.17, 15) is 9.18 Å². The van der Waals surface area contributed by atoms with E-state index >= 15 is 0 Å². The van der Waals surface area contributed by atoms with Gasteiger partial charge in [0.05, 0.1) is 24.4 Å². The van der Waals surface area contributed by atoms with Crippen LogP contribution in [0.4, 0.5) is 14.9 Å². The Balaban J connectivity index is 1.67. The molecule has 2 amide bonds. The van der Waals surface area contributed by atoms with E-state index in [1.54, 1.807) is 33.1 Å². The number of benzene rings is 3. The first kappa shape index (κ1) is 23.3. The summed E-state index contributed by atoms with van der Waals surface area (Å²) in [4.78, 5) is 19.4. The number of amides is 2. The molecule has 4 aromatic rings. The van der Waals surface area contributed by atoms with Crippen molar-refractivity contribution in [3.63, 3.8) is 0 Å². The number of methoxy groups -OCH3 is 1. The number of nitrogens with one attached hydrogen (secondary N) is 1. The molecule has 1 atom stereocenters. The van der Waals surface area contributed by atoms with Crippen LogP contribution in [0.3, 0.4) is 0 Å². The number of hydrogen-bond donors (Lipinski definition) is 1. The molecule has 0 saturated heterocycles. The van der Waals surface area contributed by atoms with Gasteiger partial charge in [-0.3, -0.25) is 4.90 Å². The Kier molecular flexibility index (Phi) is 6.01. The molecule has 182 valence electrons. The summed E-state index contributed by atoms with van der Waals surface area (Å²) in [5.41, 5.74) is 4.71. The van der Waals surface area contributed by atoms with Gasteiger partial charge in [0.25, 0.3) is 5.89 Å². The van der Waals surface area contributed by atoms with Crippen molar-refractivity contribution < 1.29 is 18.4 Å². The Bertz CT molecular complexity index is 1490. The van der Waals surface area contributed by atoms with E-state index in [2.05, 4.69) is 15.5 Å². The fourth-order valence-electron chi connectivity index (χ4n) is 4.36. The van der Waals surface area contributed by atoms with Crippen LogP contribution in [0.1, 0.15) is 35.5 Å². The summed E-state index contributed by atoms with van der Waals surface area (Å²) >= 11 is 0. The number of hydrogen-bond acceptors (Lipinski definition) is 5. The number of allylic oxidation sites excluding steroid dienone is 1. The van der Waals surface area contributed by atoms with E-state index in [0.717, 1.165) is 16.7 Å². The first-order valence-electron chi connectivity index (χ1n) is 11.5. The number of anilines is 1. The van der Waals surface area contributed by atoms with Gasteiger partial charge in [0, 0.05) is 11.3 Å². The van der Waals surface area contributed by atoms with E-state index in [1.165, 1.54) is 11.0 Å². The third kappa shape index (κ3) is 4.22. The molecule has 0 aliphatic carbocycles. The standard InChI is InChI=1S/C28H25FN4O3/c1-16-7-5-9-20(13-16)26-31-27(36-32-26)24-18(3)33(21-12-11-17(2)23(29)15-21)28(34)30-25(24)19-8-6-10-22(14-19)35-4/h5-15,25H,1-4H3,(H,30,34). The zero-order valence-electron chi connectivity index (χ0n) is 20.4. The van der Waals surface area contributed by atoms with Crippen molar-refractivity contribution in [2.45, 2.75) is 26.8 Å². The normalized spacial score (nSPS) is 15.8. The Morgan fingerprint density at radius 2 is 1.83 bits per heavy atom. The number of carbonyl (C=O) groups is 1. The van der Waals surface area contributed by atoms with E-state index in [0.29, 0.717) is 34.1 Å². The largest absolute Gasteiger partial charge is 0.497 e. The van der Waals surface area contributed by atoms with Gasteiger partial charge >= 0.3 is 6.03 Å².